The first-order valence-electron chi connectivity index (χ1n) is 8.24. The van der Waals surface area contributed by atoms with Crippen molar-refractivity contribution in [2.75, 3.05) is 5.88 Å². The third-order valence-corrected chi connectivity index (χ3v) is 4.76. The highest BCUT2D eigenvalue weighted by Crippen LogP contribution is 2.28. The largest absolute Gasteiger partial charge is 0.126 e. The van der Waals surface area contributed by atoms with Crippen molar-refractivity contribution in [1.29, 1.82) is 0 Å². The van der Waals surface area contributed by atoms with E-state index in [1.807, 2.05) is 0 Å². The van der Waals surface area contributed by atoms with Crippen LogP contribution < -0.4 is 0 Å². The molecule has 0 N–H and O–H groups in total. The Morgan fingerprint density at radius 3 is 1.79 bits per heavy atom. The summed E-state index contributed by atoms with van der Waals surface area (Å²) in [5.41, 5.74) is 0. The smallest absolute Gasteiger partial charge is 0.0259 e. The lowest BCUT2D eigenvalue weighted by atomic mass is 9.82. The van der Waals surface area contributed by atoms with Crippen LogP contribution in [0.2, 0.25) is 0 Å². The Kier molecular flexibility index (Phi) is 11.2. The van der Waals surface area contributed by atoms with Crippen molar-refractivity contribution < 1.29 is 0 Å². The van der Waals surface area contributed by atoms with Gasteiger partial charge in [-0.2, -0.15) is 0 Å². The van der Waals surface area contributed by atoms with Crippen molar-refractivity contribution in [3.8, 4) is 0 Å². The molecule has 0 saturated carbocycles. The molecule has 1 radical (unpaired) electrons. The van der Waals surface area contributed by atoms with Gasteiger partial charge in [-0.15, -0.1) is 11.6 Å². The van der Waals surface area contributed by atoms with E-state index in [0.29, 0.717) is 5.92 Å². The molecule has 0 aromatic rings. The fraction of sp³-hybridized carbons (Fsp3) is 0.944. The van der Waals surface area contributed by atoms with Crippen LogP contribution in [0.1, 0.15) is 80.1 Å². The lowest BCUT2D eigenvalue weighted by Crippen LogP contribution is -2.18. The van der Waals surface area contributed by atoms with E-state index in [-0.39, 0.29) is 0 Å². The van der Waals surface area contributed by atoms with Crippen molar-refractivity contribution in [2.45, 2.75) is 80.1 Å². The second kappa shape index (κ2) is 11.0. The van der Waals surface area contributed by atoms with Gasteiger partial charge in [0.2, 0.25) is 0 Å². The van der Waals surface area contributed by atoms with Gasteiger partial charge in [0, 0.05) is 5.88 Å². The summed E-state index contributed by atoms with van der Waals surface area (Å²) in [7, 11) is 0. The van der Waals surface area contributed by atoms with Gasteiger partial charge >= 0.3 is 0 Å². The predicted octanol–water partition coefficient (Wildman–Crippen LogP) is 6.72. The average molecular weight is 288 g/mol. The molecule has 3 atom stereocenters. The predicted molar refractivity (Wildman–Crippen MR) is 89.7 cm³/mol. The van der Waals surface area contributed by atoms with Gasteiger partial charge in [-0.05, 0) is 29.6 Å². The van der Waals surface area contributed by atoms with Gasteiger partial charge in [-0.1, -0.05) is 80.1 Å². The molecule has 0 aliphatic rings. The molecule has 0 aromatic carbocycles. The maximum atomic E-state index is 6.08. The van der Waals surface area contributed by atoms with Gasteiger partial charge in [0.05, 0.1) is 0 Å². The average Bonchev–Trinajstić information content (AvgIpc) is 2.28. The van der Waals surface area contributed by atoms with Crippen LogP contribution in [0.5, 0.6) is 0 Å². The van der Waals surface area contributed by atoms with E-state index < -0.39 is 0 Å². The molecule has 0 heterocycles. The molecule has 0 rings (SSSR count). The summed E-state index contributed by atoms with van der Waals surface area (Å²) >= 11 is 6.08. The number of halogens is 1. The molecule has 0 aromatic heterocycles. The first kappa shape index (κ1) is 19.3. The fourth-order valence-electron chi connectivity index (χ4n) is 2.88. The third kappa shape index (κ3) is 9.77. The third-order valence-electron chi connectivity index (χ3n) is 4.43. The van der Waals surface area contributed by atoms with Crippen LogP contribution in [0, 0.1) is 29.6 Å². The monoisotopic (exact) mass is 287 g/mol. The normalized spacial score (nSPS) is 16.9. The fourth-order valence-corrected chi connectivity index (χ4v) is 3.50. The Bertz CT molecular complexity index is 198. The zero-order valence-electron chi connectivity index (χ0n) is 14.1. The summed E-state index contributed by atoms with van der Waals surface area (Å²) in [6.07, 6.45) is 8.28. The highest BCUT2D eigenvalue weighted by molar-refractivity contribution is 6.18. The minimum atomic E-state index is 0.609. The van der Waals surface area contributed by atoms with Gasteiger partial charge in [0.15, 0.2) is 0 Å². The quantitative estimate of drug-likeness (QED) is 0.370. The van der Waals surface area contributed by atoms with E-state index in [9.17, 15) is 0 Å². The zero-order chi connectivity index (χ0) is 14.8. The highest BCUT2D eigenvalue weighted by atomic mass is 35.5. The second-order valence-corrected chi connectivity index (χ2v) is 7.48. The van der Waals surface area contributed by atoms with Crippen molar-refractivity contribution >= 4 is 11.6 Å². The topological polar surface area (TPSA) is 0 Å². The maximum absolute atomic E-state index is 6.08. The summed E-state index contributed by atoms with van der Waals surface area (Å²) in [5, 5.41) is 0. The molecule has 0 nitrogen and oxygen atoms in total. The summed E-state index contributed by atoms with van der Waals surface area (Å²) < 4.78 is 0. The van der Waals surface area contributed by atoms with Crippen LogP contribution in [-0.2, 0) is 0 Å². The molecule has 0 aliphatic carbocycles. The lowest BCUT2D eigenvalue weighted by Gasteiger charge is -2.25. The molecule has 0 spiro atoms. The zero-order valence-corrected chi connectivity index (χ0v) is 14.9. The van der Waals surface area contributed by atoms with Crippen molar-refractivity contribution in [2.24, 2.45) is 23.7 Å². The molecule has 0 bridgehead atoms. The number of hydrogen-bond donors (Lipinski definition) is 0. The van der Waals surface area contributed by atoms with E-state index in [0.717, 1.165) is 23.6 Å². The molecular formula is C18H36Cl. The highest BCUT2D eigenvalue weighted by Gasteiger charge is 2.19. The molecule has 115 valence electrons. The van der Waals surface area contributed by atoms with Crippen LogP contribution >= 0.6 is 11.6 Å². The molecule has 0 fully saturated rings. The van der Waals surface area contributed by atoms with E-state index in [4.69, 9.17) is 11.6 Å². The summed E-state index contributed by atoms with van der Waals surface area (Å²) in [5.74, 6) is 5.38. The Hall–Kier alpha value is 0.290. The second-order valence-electron chi connectivity index (χ2n) is 7.18. The van der Waals surface area contributed by atoms with Crippen LogP contribution in [0.3, 0.4) is 0 Å². The van der Waals surface area contributed by atoms with Crippen LogP contribution in [-0.4, -0.2) is 5.88 Å². The number of rotatable bonds is 11. The SMILES string of the molecule is C[C](C)[C@H](CCl)[C@H](C)CCC[C@H](C)CCCC(C)C. The molecule has 1 heteroatoms. The standard InChI is InChI=1S/C18H36Cl/c1-14(2)9-7-10-16(5)11-8-12-17(6)18(13-19)15(3)4/h14,16-18H,7-13H2,1-6H3/t16-,17-,18+/m1/s1. The Labute approximate surface area is 127 Å². The summed E-state index contributed by atoms with van der Waals surface area (Å²) in [6, 6.07) is 0. The van der Waals surface area contributed by atoms with Crippen molar-refractivity contribution in [1.82, 2.24) is 0 Å². The Morgan fingerprint density at radius 1 is 0.842 bits per heavy atom. The van der Waals surface area contributed by atoms with E-state index in [2.05, 4.69) is 41.5 Å². The van der Waals surface area contributed by atoms with Gasteiger partial charge in [-0.3, -0.25) is 0 Å². The summed E-state index contributed by atoms with van der Waals surface area (Å²) in [4.78, 5) is 0. The molecular weight excluding hydrogens is 252 g/mol. The van der Waals surface area contributed by atoms with Crippen molar-refractivity contribution in [3.05, 3.63) is 5.92 Å². The number of alkyl halides is 1. The summed E-state index contributed by atoms with van der Waals surface area (Å²) in [6.45, 7) is 13.9. The molecule has 0 saturated heterocycles. The maximum Gasteiger partial charge on any atom is 0.0259 e. The molecule has 0 aliphatic heterocycles. The van der Waals surface area contributed by atoms with Crippen LogP contribution in [0.15, 0.2) is 0 Å². The Balaban J connectivity index is 3.71. The van der Waals surface area contributed by atoms with Gasteiger partial charge < -0.3 is 0 Å². The Morgan fingerprint density at radius 2 is 1.37 bits per heavy atom. The molecule has 0 amide bonds. The van der Waals surface area contributed by atoms with E-state index >= 15 is 0 Å². The van der Waals surface area contributed by atoms with Crippen molar-refractivity contribution in [3.63, 3.8) is 0 Å². The number of hydrogen-bond acceptors (Lipinski definition) is 0. The van der Waals surface area contributed by atoms with Gasteiger partial charge in [0.1, 0.15) is 0 Å². The van der Waals surface area contributed by atoms with Crippen LogP contribution in [0.25, 0.3) is 0 Å². The lowest BCUT2D eigenvalue weighted by molar-refractivity contribution is 0.346. The molecule has 19 heavy (non-hydrogen) atoms. The van der Waals surface area contributed by atoms with E-state index in [1.165, 1.54) is 44.4 Å². The van der Waals surface area contributed by atoms with E-state index in [1.54, 1.807) is 0 Å². The minimum absolute atomic E-state index is 0.609. The molecule has 0 unspecified atom stereocenters. The van der Waals surface area contributed by atoms with Crippen LogP contribution in [0.4, 0.5) is 0 Å². The van der Waals surface area contributed by atoms with Gasteiger partial charge in [0.25, 0.3) is 0 Å². The van der Waals surface area contributed by atoms with Gasteiger partial charge in [-0.25, -0.2) is 0 Å². The first-order valence-corrected chi connectivity index (χ1v) is 8.77. The first-order chi connectivity index (χ1) is 8.88. The minimum Gasteiger partial charge on any atom is -0.126 e.